The third kappa shape index (κ3) is 2.11. The number of carbonyl (C=O) groups is 1. The summed E-state index contributed by atoms with van der Waals surface area (Å²) in [6.45, 7) is 0. The van der Waals surface area contributed by atoms with Crippen LogP contribution in [0.1, 0.15) is 0 Å². The maximum absolute atomic E-state index is 9.96. The number of ether oxygens (including phenoxy) is 2. The van der Waals surface area contributed by atoms with Crippen molar-refractivity contribution in [2.45, 2.75) is 30.9 Å². The van der Waals surface area contributed by atoms with Gasteiger partial charge in [-0.15, -0.1) is 0 Å². The predicted molar refractivity (Wildman–Crippen MR) is 35.4 cm³/mol. The molecule has 5 atom stereocenters. The van der Waals surface area contributed by atoms with Crippen LogP contribution < -0.4 is 5.11 Å². The Balaban J connectivity index is 2.65. The minimum absolute atomic E-state index is 1.73. The molecule has 0 bridgehead atoms. The molecular formula is C6H9O8-. The standard InChI is InChI=1S/C6H10O8/c7-1-2(8)4(10)13-5(3(1)9)14-6(11)12/h1-5,7-10H,(H,11,12)/p-1/t1-,2-,3+,4-,5-/m1/s1. The molecule has 1 aliphatic heterocycles. The summed E-state index contributed by atoms with van der Waals surface area (Å²) >= 11 is 0. The van der Waals surface area contributed by atoms with E-state index in [0.29, 0.717) is 0 Å². The molecule has 0 spiro atoms. The van der Waals surface area contributed by atoms with Crippen LogP contribution in [0.15, 0.2) is 0 Å². The van der Waals surface area contributed by atoms with Crippen molar-refractivity contribution in [2.24, 2.45) is 0 Å². The monoisotopic (exact) mass is 209 g/mol. The molecular weight excluding hydrogens is 200 g/mol. The Morgan fingerprint density at radius 1 is 1.14 bits per heavy atom. The molecule has 1 aliphatic rings. The fraction of sp³-hybridized carbons (Fsp3) is 0.833. The van der Waals surface area contributed by atoms with Crippen molar-refractivity contribution in [1.82, 2.24) is 0 Å². The molecule has 0 aromatic heterocycles. The minimum Gasteiger partial charge on any atom is -0.518 e. The highest BCUT2D eigenvalue weighted by molar-refractivity contribution is 5.54. The molecule has 82 valence electrons. The first-order valence-corrected chi connectivity index (χ1v) is 3.69. The Morgan fingerprint density at radius 2 is 1.71 bits per heavy atom. The van der Waals surface area contributed by atoms with Gasteiger partial charge < -0.3 is 39.8 Å². The fourth-order valence-corrected chi connectivity index (χ4v) is 1.02. The molecule has 0 radical (unpaired) electrons. The predicted octanol–water partition coefficient (Wildman–Crippen LogP) is -3.90. The Labute approximate surface area is 77.9 Å². The number of carboxylic acid groups (broad SMARTS) is 1. The van der Waals surface area contributed by atoms with E-state index in [-0.39, 0.29) is 0 Å². The Kier molecular flexibility index (Phi) is 3.24. The number of carbonyl (C=O) groups excluding carboxylic acids is 1. The largest absolute Gasteiger partial charge is 0.518 e. The van der Waals surface area contributed by atoms with Crippen molar-refractivity contribution in [1.29, 1.82) is 0 Å². The maximum Gasteiger partial charge on any atom is 0.254 e. The van der Waals surface area contributed by atoms with E-state index in [1.807, 2.05) is 0 Å². The van der Waals surface area contributed by atoms with Gasteiger partial charge in [-0.05, 0) is 0 Å². The minimum atomic E-state index is -1.98. The molecule has 0 saturated carbocycles. The highest BCUT2D eigenvalue weighted by Gasteiger charge is 2.42. The lowest BCUT2D eigenvalue weighted by Crippen LogP contribution is -2.59. The summed E-state index contributed by atoms with van der Waals surface area (Å²) in [6, 6.07) is 0. The van der Waals surface area contributed by atoms with Crippen molar-refractivity contribution in [3.05, 3.63) is 0 Å². The summed E-state index contributed by atoms with van der Waals surface area (Å²) in [6.07, 6.45) is -10.9. The van der Waals surface area contributed by atoms with Crippen LogP contribution in [-0.2, 0) is 9.47 Å². The molecule has 1 heterocycles. The van der Waals surface area contributed by atoms with Crippen molar-refractivity contribution in [2.75, 3.05) is 0 Å². The molecule has 0 amide bonds. The molecule has 1 rings (SSSR count). The van der Waals surface area contributed by atoms with E-state index in [1.165, 1.54) is 0 Å². The van der Waals surface area contributed by atoms with E-state index >= 15 is 0 Å². The molecule has 0 aliphatic carbocycles. The van der Waals surface area contributed by atoms with Crippen molar-refractivity contribution in [3.63, 3.8) is 0 Å². The topological polar surface area (TPSA) is 140 Å². The molecule has 1 fully saturated rings. The van der Waals surface area contributed by atoms with Gasteiger partial charge in [0.15, 0.2) is 12.6 Å². The molecule has 1 saturated heterocycles. The van der Waals surface area contributed by atoms with Gasteiger partial charge >= 0.3 is 0 Å². The lowest BCUT2D eigenvalue weighted by Gasteiger charge is -2.39. The van der Waals surface area contributed by atoms with Gasteiger partial charge in [-0.2, -0.15) is 0 Å². The van der Waals surface area contributed by atoms with Gasteiger partial charge in [0, 0.05) is 0 Å². The van der Waals surface area contributed by atoms with Gasteiger partial charge in [0.05, 0.1) is 0 Å². The normalized spacial score (nSPS) is 43.3. The van der Waals surface area contributed by atoms with Crippen LogP contribution in [0.4, 0.5) is 4.79 Å². The van der Waals surface area contributed by atoms with Gasteiger partial charge in [0.1, 0.15) is 18.3 Å². The second-order valence-corrected chi connectivity index (χ2v) is 2.73. The Hall–Kier alpha value is -0.930. The highest BCUT2D eigenvalue weighted by Crippen LogP contribution is 2.20. The van der Waals surface area contributed by atoms with E-state index < -0.39 is 37.0 Å². The number of hydrogen-bond donors (Lipinski definition) is 4. The molecule has 8 heteroatoms. The van der Waals surface area contributed by atoms with Crippen LogP contribution in [0.3, 0.4) is 0 Å². The van der Waals surface area contributed by atoms with Gasteiger partial charge in [-0.25, -0.2) is 0 Å². The first kappa shape index (κ1) is 11.1. The van der Waals surface area contributed by atoms with Gasteiger partial charge in [-0.3, -0.25) is 0 Å². The lowest BCUT2D eigenvalue weighted by molar-refractivity contribution is -0.359. The van der Waals surface area contributed by atoms with Crippen LogP contribution >= 0.6 is 0 Å². The Morgan fingerprint density at radius 3 is 2.21 bits per heavy atom. The third-order valence-corrected chi connectivity index (χ3v) is 1.76. The number of hydrogen-bond acceptors (Lipinski definition) is 8. The van der Waals surface area contributed by atoms with E-state index in [1.54, 1.807) is 0 Å². The van der Waals surface area contributed by atoms with E-state index in [9.17, 15) is 9.90 Å². The van der Waals surface area contributed by atoms with Crippen LogP contribution in [0.5, 0.6) is 0 Å². The lowest BCUT2D eigenvalue weighted by atomic mass is 10.0. The van der Waals surface area contributed by atoms with Crippen LogP contribution in [0, 0.1) is 0 Å². The third-order valence-electron chi connectivity index (χ3n) is 1.76. The van der Waals surface area contributed by atoms with Gasteiger partial charge in [0.25, 0.3) is 6.16 Å². The quantitative estimate of drug-likeness (QED) is 0.321. The van der Waals surface area contributed by atoms with E-state index in [4.69, 9.17) is 20.4 Å². The van der Waals surface area contributed by atoms with Gasteiger partial charge in [0.2, 0.25) is 0 Å². The second-order valence-electron chi connectivity index (χ2n) is 2.73. The van der Waals surface area contributed by atoms with Crippen molar-refractivity contribution in [3.8, 4) is 0 Å². The molecule has 8 nitrogen and oxygen atoms in total. The molecule has 0 unspecified atom stereocenters. The SMILES string of the molecule is O=C([O-])O[C@H]1O[C@@H](O)[C@H](O)[C@@H](O)[C@@H]1O. The van der Waals surface area contributed by atoms with Crippen LogP contribution in [0.2, 0.25) is 0 Å². The van der Waals surface area contributed by atoms with Gasteiger partial charge in [-0.1, -0.05) is 0 Å². The number of aliphatic hydroxyl groups excluding tert-OH is 4. The summed E-state index contributed by atoms with van der Waals surface area (Å²) in [7, 11) is 0. The molecule has 4 N–H and O–H groups in total. The summed E-state index contributed by atoms with van der Waals surface area (Å²) in [5.74, 6) is 0. The average molecular weight is 209 g/mol. The zero-order valence-corrected chi connectivity index (χ0v) is 6.81. The summed E-state index contributed by atoms with van der Waals surface area (Å²) in [5.41, 5.74) is 0. The van der Waals surface area contributed by atoms with Crippen LogP contribution in [0.25, 0.3) is 0 Å². The second kappa shape index (κ2) is 4.07. The summed E-state index contributed by atoms with van der Waals surface area (Å²) in [5, 5.41) is 46.0. The van der Waals surface area contributed by atoms with Crippen molar-refractivity contribution < 1.29 is 39.8 Å². The van der Waals surface area contributed by atoms with Crippen LogP contribution in [-0.4, -0.2) is 57.5 Å². The zero-order chi connectivity index (χ0) is 10.9. The van der Waals surface area contributed by atoms with E-state index in [2.05, 4.69) is 9.47 Å². The van der Waals surface area contributed by atoms with Crippen molar-refractivity contribution >= 4 is 6.16 Å². The smallest absolute Gasteiger partial charge is 0.254 e. The average Bonchev–Trinajstić information content (AvgIpc) is 2.10. The first-order chi connectivity index (χ1) is 6.43. The zero-order valence-electron chi connectivity index (χ0n) is 6.81. The van der Waals surface area contributed by atoms with E-state index in [0.717, 1.165) is 0 Å². The summed E-state index contributed by atoms with van der Waals surface area (Å²) < 4.78 is 8.24. The maximum atomic E-state index is 9.96. The molecule has 14 heavy (non-hydrogen) atoms. The summed E-state index contributed by atoms with van der Waals surface area (Å²) in [4.78, 5) is 9.96. The molecule has 0 aromatic rings. The number of aliphatic hydroxyl groups is 4. The number of rotatable bonds is 1. The molecule has 0 aromatic carbocycles. The fourth-order valence-electron chi connectivity index (χ4n) is 1.02. The Bertz CT molecular complexity index is 218. The highest BCUT2D eigenvalue weighted by atomic mass is 16.8. The first-order valence-electron chi connectivity index (χ1n) is 3.69.